The smallest absolute Gasteiger partial charge is 0.273 e. The van der Waals surface area contributed by atoms with Gasteiger partial charge in [-0.1, -0.05) is 30.3 Å². The molecule has 0 bridgehead atoms. The number of thiazole rings is 1. The standard InChI is InChI=1S/C24H26N4O3S/c1-2-27(24(30)21-17-32-23(26-21)18-6-4-3-5-7-18)16-22(29)25-19-8-10-20(11-9-19)28-12-14-31-15-13-28/h3-11,17H,2,12-16H2,1H3,(H,25,29). The van der Waals surface area contributed by atoms with Crippen LogP contribution in [0.3, 0.4) is 0 Å². The Morgan fingerprint density at radius 3 is 2.50 bits per heavy atom. The lowest BCUT2D eigenvalue weighted by atomic mass is 10.2. The average molecular weight is 451 g/mol. The van der Waals surface area contributed by atoms with Gasteiger partial charge in [0.2, 0.25) is 5.91 Å². The van der Waals surface area contributed by atoms with Crippen molar-refractivity contribution in [2.75, 3.05) is 49.6 Å². The Balaban J connectivity index is 1.35. The van der Waals surface area contributed by atoms with E-state index in [0.717, 1.165) is 42.6 Å². The summed E-state index contributed by atoms with van der Waals surface area (Å²) in [4.78, 5) is 33.7. The van der Waals surface area contributed by atoms with Crippen molar-refractivity contribution in [3.8, 4) is 10.6 Å². The fourth-order valence-electron chi connectivity index (χ4n) is 3.53. The van der Waals surface area contributed by atoms with Crippen LogP contribution >= 0.6 is 11.3 Å². The summed E-state index contributed by atoms with van der Waals surface area (Å²) >= 11 is 1.42. The Kier molecular flexibility index (Phi) is 7.14. The maximum atomic E-state index is 12.9. The molecule has 3 aromatic rings. The van der Waals surface area contributed by atoms with E-state index in [-0.39, 0.29) is 18.4 Å². The number of likely N-dealkylation sites (N-methyl/N-ethyl adjacent to an activating group) is 1. The third kappa shape index (κ3) is 5.33. The zero-order valence-corrected chi connectivity index (χ0v) is 18.8. The van der Waals surface area contributed by atoms with Crippen molar-refractivity contribution >= 4 is 34.5 Å². The van der Waals surface area contributed by atoms with Gasteiger partial charge in [0.15, 0.2) is 0 Å². The van der Waals surface area contributed by atoms with Gasteiger partial charge in [0.05, 0.1) is 13.2 Å². The van der Waals surface area contributed by atoms with E-state index in [9.17, 15) is 9.59 Å². The van der Waals surface area contributed by atoms with Gasteiger partial charge in [-0.15, -0.1) is 11.3 Å². The van der Waals surface area contributed by atoms with Crippen LogP contribution in [0.5, 0.6) is 0 Å². The Morgan fingerprint density at radius 2 is 1.81 bits per heavy atom. The van der Waals surface area contributed by atoms with Crippen molar-refractivity contribution in [1.82, 2.24) is 9.88 Å². The van der Waals surface area contributed by atoms with E-state index in [2.05, 4.69) is 15.2 Å². The lowest BCUT2D eigenvalue weighted by Crippen LogP contribution is -2.38. The molecule has 2 heterocycles. The summed E-state index contributed by atoms with van der Waals surface area (Å²) in [5.41, 5.74) is 3.14. The lowest BCUT2D eigenvalue weighted by Gasteiger charge is -2.29. The van der Waals surface area contributed by atoms with Gasteiger partial charge in [-0.05, 0) is 31.2 Å². The molecule has 0 aliphatic carbocycles. The molecule has 8 heteroatoms. The Hall–Kier alpha value is -3.23. The van der Waals surface area contributed by atoms with E-state index in [1.165, 1.54) is 16.2 Å². The van der Waals surface area contributed by atoms with Crippen LogP contribution in [-0.2, 0) is 9.53 Å². The Morgan fingerprint density at radius 1 is 1.09 bits per heavy atom. The second-order valence-corrected chi connectivity index (χ2v) is 8.28. The van der Waals surface area contributed by atoms with Gasteiger partial charge >= 0.3 is 0 Å². The van der Waals surface area contributed by atoms with Gasteiger partial charge in [0, 0.05) is 42.0 Å². The molecule has 2 amide bonds. The molecular formula is C24H26N4O3S. The second-order valence-electron chi connectivity index (χ2n) is 7.42. The summed E-state index contributed by atoms with van der Waals surface area (Å²) in [6, 6.07) is 17.5. The van der Waals surface area contributed by atoms with Crippen LogP contribution in [-0.4, -0.2) is 61.1 Å². The van der Waals surface area contributed by atoms with E-state index in [1.54, 1.807) is 5.38 Å². The predicted octanol–water partition coefficient (Wildman–Crippen LogP) is 3.75. The quantitative estimate of drug-likeness (QED) is 0.593. The summed E-state index contributed by atoms with van der Waals surface area (Å²) in [5, 5.41) is 5.41. The van der Waals surface area contributed by atoms with E-state index < -0.39 is 0 Å². The normalized spacial score (nSPS) is 13.6. The highest BCUT2D eigenvalue weighted by molar-refractivity contribution is 7.13. The molecule has 0 spiro atoms. The van der Waals surface area contributed by atoms with Crippen LogP contribution in [0.2, 0.25) is 0 Å². The lowest BCUT2D eigenvalue weighted by molar-refractivity contribution is -0.116. The number of carbonyl (C=O) groups is 2. The SMILES string of the molecule is CCN(CC(=O)Nc1ccc(N2CCOCC2)cc1)C(=O)c1csc(-c2ccccc2)n1. The average Bonchev–Trinajstić information content (AvgIpc) is 3.34. The monoisotopic (exact) mass is 450 g/mol. The maximum Gasteiger partial charge on any atom is 0.273 e. The van der Waals surface area contributed by atoms with Gasteiger partial charge in [0.25, 0.3) is 5.91 Å². The third-order valence-corrected chi connectivity index (χ3v) is 6.17. The molecule has 1 aliphatic rings. The Bertz CT molecular complexity index is 1050. The van der Waals surface area contributed by atoms with Crippen LogP contribution < -0.4 is 10.2 Å². The molecule has 1 aliphatic heterocycles. The van der Waals surface area contributed by atoms with Gasteiger partial charge in [-0.2, -0.15) is 0 Å². The number of aromatic nitrogens is 1. The first-order valence-corrected chi connectivity index (χ1v) is 11.5. The second kappa shape index (κ2) is 10.4. The largest absolute Gasteiger partial charge is 0.378 e. The minimum absolute atomic E-state index is 0.0290. The molecule has 1 saturated heterocycles. The molecule has 7 nitrogen and oxygen atoms in total. The van der Waals surface area contributed by atoms with Gasteiger partial charge in [0.1, 0.15) is 17.2 Å². The molecule has 2 aromatic carbocycles. The number of anilines is 2. The highest BCUT2D eigenvalue weighted by Gasteiger charge is 2.20. The molecule has 0 unspecified atom stereocenters. The Labute approximate surface area is 191 Å². The maximum absolute atomic E-state index is 12.9. The van der Waals surface area contributed by atoms with Gasteiger partial charge in [-0.3, -0.25) is 9.59 Å². The van der Waals surface area contributed by atoms with Crippen molar-refractivity contribution < 1.29 is 14.3 Å². The summed E-state index contributed by atoms with van der Waals surface area (Å²) in [7, 11) is 0. The molecule has 4 rings (SSSR count). The van der Waals surface area contributed by atoms with Crippen LogP contribution in [0.4, 0.5) is 11.4 Å². The van der Waals surface area contributed by atoms with E-state index in [1.807, 2.05) is 61.5 Å². The molecule has 166 valence electrons. The molecule has 1 fully saturated rings. The summed E-state index contributed by atoms with van der Waals surface area (Å²) in [6.07, 6.45) is 0. The fourth-order valence-corrected chi connectivity index (χ4v) is 4.33. The van der Waals surface area contributed by atoms with Crippen molar-refractivity contribution in [3.05, 3.63) is 65.7 Å². The van der Waals surface area contributed by atoms with Gasteiger partial charge < -0.3 is 19.9 Å². The summed E-state index contributed by atoms with van der Waals surface area (Å²) < 4.78 is 5.39. The number of nitrogens with one attached hydrogen (secondary N) is 1. The highest BCUT2D eigenvalue weighted by atomic mass is 32.1. The first-order chi connectivity index (χ1) is 15.6. The minimum atomic E-state index is -0.247. The number of rotatable bonds is 7. The van der Waals surface area contributed by atoms with Crippen molar-refractivity contribution in [2.24, 2.45) is 0 Å². The molecule has 0 atom stereocenters. The number of hydrogen-bond acceptors (Lipinski definition) is 6. The molecule has 32 heavy (non-hydrogen) atoms. The van der Waals surface area contributed by atoms with Crippen LogP contribution in [0.1, 0.15) is 17.4 Å². The van der Waals surface area contributed by atoms with E-state index in [4.69, 9.17) is 4.74 Å². The number of benzene rings is 2. The van der Waals surface area contributed by atoms with Gasteiger partial charge in [-0.25, -0.2) is 4.98 Å². The van der Waals surface area contributed by atoms with Crippen molar-refractivity contribution in [3.63, 3.8) is 0 Å². The zero-order chi connectivity index (χ0) is 22.3. The van der Waals surface area contributed by atoms with Crippen LogP contribution in [0, 0.1) is 0 Å². The topological polar surface area (TPSA) is 74.8 Å². The molecule has 1 aromatic heterocycles. The number of carbonyl (C=O) groups excluding carboxylic acids is 2. The van der Waals surface area contributed by atoms with Crippen molar-refractivity contribution in [2.45, 2.75) is 6.92 Å². The number of morpholine rings is 1. The van der Waals surface area contributed by atoms with E-state index in [0.29, 0.717) is 17.9 Å². The zero-order valence-electron chi connectivity index (χ0n) is 18.0. The van der Waals surface area contributed by atoms with Crippen LogP contribution in [0.15, 0.2) is 60.0 Å². The highest BCUT2D eigenvalue weighted by Crippen LogP contribution is 2.24. The molecule has 0 radical (unpaired) electrons. The number of ether oxygens (including phenoxy) is 1. The summed E-state index contributed by atoms with van der Waals surface area (Å²) in [6.45, 7) is 5.42. The first kappa shape index (κ1) is 22.0. The summed E-state index contributed by atoms with van der Waals surface area (Å²) in [5.74, 6) is -0.485. The molecule has 0 saturated carbocycles. The predicted molar refractivity (Wildman–Crippen MR) is 127 cm³/mol. The minimum Gasteiger partial charge on any atom is -0.378 e. The molecular weight excluding hydrogens is 424 g/mol. The number of nitrogens with zero attached hydrogens (tertiary/aromatic N) is 3. The van der Waals surface area contributed by atoms with E-state index >= 15 is 0 Å². The van der Waals surface area contributed by atoms with Crippen LogP contribution in [0.25, 0.3) is 10.6 Å². The molecule has 1 N–H and O–H groups in total. The first-order valence-electron chi connectivity index (χ1n) is 10.7. The number of hydrogen-bond donors (Lipinski definition) is 1. The fraction of sp³-hybridized carbons (Fsp3) is 0.292. The number of amides is 2. The third-order valence-electron chi connectivity index (χ3n) is 5.27. The van der Waals surface area contributed by atoms with Crippen molar-refractivity contribution in [1.29, 1.82) is 0 Å².